The number of carbonyl (C=O) groups is 2. The largest absolute Gasteiger partial charge is 0.431 e. The van der Waals surface area contributed by atoms with Crippen molar-refractivity contribution in [2.75, 3.05) is 18.1 Å². The molecule has 0 spiro atoms. The molecular weight excluding hydrogens is 675 g/mol. The summed E-state index contributed by atoms with van der Waals surface area (Å²) < 4.78 is 19.5. The van der Waals surface area contributed by atoms with Crippen LogP contribution in [-0.2, 0) is 25.7 Å². The molecule has 1 fully saturated rings. The Hall–Kier alpha value is -4.74. The number of hydrogen-bond donors (Lipinski definition) is 3. The summed E-state index contributed by atoms with van der Waals surface area (Å²) in [4.78, 5) is 28.9. The van der Waals surface area contributed by atoms with Gasteiger partial charge < -0.3 is 29.6 Å². The van der Waals surface area contributed by atoms with Gasteiger partial charge in [0.15, 0.2) is 12.1 Å². The van der Waals surface area contributed by atoms with Crippen LogP contribution in [0.4, 0.5) is 5.69 Å². The zero-order chi connectivity index (χ0) is 36.1. The molecule has 0 aliphatic carbocycles. The average Bonchev–Trinajstić information content (AvgIpc) is 3.63. The molecule has 10 heteroatoms. The number of unbranched alkanes of at least 4 members (excludes halogenated alkanes) is 3. The number of nitrogens with one attached hydrogen (secondary N) is 2. The van der Waals surface area contributed by atoms with Crippen molar-refractivity contribution < 1.29 is 28.6 Å². The number of aromatic nitrogens is 1. The predicted octanol–water partition coefficient (Wildman–Crippen LogP) is 8.86. The Labute approximate surface area is 309 Å². The maximum absolute atomic E-state index is 12.6. The highest BCUT2D eigenvalue weighted by Gasteiger charge is 2.33. The van der Waals surface area contributed by atoms with E-state index in [1.165, 1.54) is 11.8 Å². The van der Waals surface area contributed by atoms with E-state index in [0.29, 0.717) is 35.9 Å². The van der Waals surface area contributed by atoms with E-state index in [2.05, 4.69) is 10.6 Å². The third kappa shape index (κ3) is 10.2. The van der Waals surface area contributed by atoms with Gasteiger partial charge in [0, 0.05) is 54.4 Å². The minimum Gasteiger partial charge on any atom is -0.431 e. The van der Waals surface area contributed by atoms with Crippen LogP contribution in [0.15, 0.2) is 119 Å². The molecule has 0 saturated carbocycles. The van der Waals surface area contributed by atoms with Gasteiger partial charge in [0.05, 0.1) is 18.8 Å². The topological polar surface area (TPSA) is 123 Å². The molecule has 5 aromatic rings. The van der Waals surface area contributed by atoms with Crippen molar-refractivity contribution >= 4 is 29.3 Å². The summed E-state index contributed by atoms with van der Waals surface area (Å²) in [6.07, 6.45) is 3.94. The lowest BCUT2D eigenvalue weighted by Gasteiger charge is -2.36. The molecule has 9 nitrogen and oxygen atoms in total. The van der Waals surface area contributed by atoms with Gasteiger partial charge in [0.2, 0.25) is 11.8 Å². The van der Waals surface area contributed by atoms with Crippen LogP contribution in [0, 0.1) is 0 Å². The highest BCUT2D eigenvalue weighted by atomic mass is 32.2. The van der Waals surface area contributed by atoms with Gasteiger partial charge in [0.1, 0.15) is 5.69 Å². The van der Waals surface area contributed by atoms with Crippen LogP contribution in [0.25, 0.3) is 22.6 Å². The van der Waals surface area contributed by atoms with Gasteiger partial charge in [-0.05, 0) is 36.1 Å². The third-order valence-corrected chi connectivity index (χ3v) is 9.96. The van der Waals surface area contributed by atoms with Crippen molar-refractivity contribution in [2.24, 2.45) is 0 Å². The third-order valence-electron chi connectivity index (χ3n) is 9.00. The second-order valence-corrected chi connectivity index (χ2v) is 13.8. The first-order chi connectivity index (χ1) is 25.5. The normalized spacial score (nSPS) is 17.1. The Kier molecular flexibility index (Phi) is 13.3. The molecule has 1 aliphatic heterocycles. The molecule has 1 saturated heterocycles. The molecule has 0 radical (unpaired) electrons. The molecule has 4 aromatic carbocycles. The molecule has 1 aliphatic rings. The van der Waals surface area contributed by atoms with Gasteiger partial charge in [-0.2, -0.15) is 0 Å². The second kappa shape index (κ2) is 18.7. The summed E-state index contributed by atoms with van der Waals surface area (Å²) in [7, 11) is 1.64. The van der Waals surface area contributed by atoms with E-state index in [9.17, 15) is 14.7 Å². The number of hydrogen-bond acceptors (Lipinski definition) is 8. The van der Waals surface area contributed by atoms with Crippen molar-refractivity contribution in [2.45, 2.75) is 75.3 Å². The number of oxazole rings is 1. The van der Waals surface area contributed by atoms with Gasteiger partial charge in [-0.3, -0.25) is 9.59 Å². The zero-order valence-corrected chi connectivity index (χ0v) is 30.1. The second-order valence-electron chi connectivity index (χ2n) is 12.8. The first-order valence-electron chi connectivity index (χ1n) is 17.8. The minimum absolute atomic E-state index is 0.0229. The molecule has 3 N–H and O–H groups in total. The first-order valence-corrected chi connectivity index (χ1v) is 18.8. The smallest absolute Gasteiger partial charge is 0.256 e. The van der Waals surface area contributed by atoms with E-state index in [1.807, 2.05) is 109 Å². The molecule has 2 unspecified atom stereocenters. The number of anilines is 1. The Morgan fingerprint density at radius 1 is 0.769 bits per heavy atom. The maximum Gasteiger partial charge on any atom is 0.256 e. The van der Waals surface area contributed by atoms with Gasteiger partial charge >= 0.3 is 0 Å². The van der Waals surface area contributed by atoms with Gasteiger partial charge in [-0.25, -0.2) is 4.98 Å². The van der Waals surface area contributed by atoms with Crippen molar-refractivity contribution in [3.05, 3.63) is 126 Å². The lowest BCUT2D eigenvalue weighted by molar-refractivity contribution is -0.245. The van der Waals surface area contributed by atoms with E-state index in [0.717, 1.165) is 65.0 Å². The standard InChI is InChI=1S/C42H45N3O6S/c1-43-37(47)16-10-2-3-11-17-38(48)44-34-24-22-33(23-25-34)41-49-35(26-36(50-41)30-20-18-29(27-46)19-21-30)28-52-42-45-39(31-12-6-4-7-13-31)40(51-42)32-14-8-5-9-15-32/h4-9,12-15,18-25,35-36,41,46H,2-3,10-11,16-17,26-28H2,1H3,(H,43,47)(H,44,48)/t35-,36?,41?/m1/s1. The summed E-state index contributed by atoms with van der Waals surface area (Å²) in [5.74, 6) is 1.33. The van der Waals surface area contributed by atoms with Crippen molar-refractivity contribution in [1.82, 2.24) is 10.3 Å². The molecule has 2 heterocycles. The summed E-state index contributed by atoms with van der Waals surface area (Å²) >= 11 is 1.52. The quantitative estimate of drug-likeness (QED) is 0.0683. The Bertz CT molecular complexity index is 1810. The first kappa shape index (κ1) is 37.0. The molecule has 3 atom stereocenters. The fourth-order valence-electron chi connectivity index (χ4n) is 6.12. The number of thioether (sulfide) groups is 1. The highest BCUT2D eigenvalue weighted by Crippen LogP contribution is 2.41. The van der Waals surface area contributed by atoms with Crippen LogP contribution in [-0.4, -0.2) is 40.8 Å². The fraction of sp³-hybridized carbons (Fsp3) is 0.310. The van der Waals surface area contributed by atoms with Crippen molar-refractivity contribution in [1.29, 1.82) is 0 Å². The monoisotopic (exact) mass is 719 g/mol. The van der Waals surface area contributed by atoms with Crippen LogP contribution in [0.5, 0.6) is 0 Å². The lowest BCUT2D eigenvalue weighted by atomic mass is 10.0. The van der Waals surface area contributed by atoms with Crippen LogP contribution in [0.2, 0.25) is 0 Å². The Morgan fingerprint density at radius 3 is 2.06 bits per heavy atom. The number of amides is 2. The summed E-state index contributed by atoms with van der Waals surface area (Å²) in [6.45, 7) is -0.0229. The average molecular weight is 720 g/mol. The summed E-state index contributed by atoms with van der Waals surface area (Å²) in [5.41, 5.74) is 6.14. The number of aliphatic hydroxyl groups is 1. The molecule has 270 valence electrons. The Morgan fingerprint density at radius 2 is 1.40 bits per heavy atom. The number of benzene rings is 4. The number of ether oxygens (including phenoxy) is 2. The molecule has 6 rings (SSSR count). The van der Waals surface area contributed by atoms with Crippen LogP contribution >= 0.6 is 11.8 Å². The fourth-order valence-corrected chi connectivity index (χ4v) is 6.96. The predicted molar refractivity (Wildman–Crippen MR) is 203 cm³/mol. The van der Waals surface area contributed by atoms with E-state index in [1.54, 1.807) is 7.05 Å². The summed E-state index contributed by atoms with van der Waals surface area (Å²) in [6, 6.07) is 35.5. The number of rotatable bonds is 16. The lowest BCUT2D eigenvalue weighted by Crippen LogP contribution is -2.31. The molecule has 52 heavy (non-hydrogen) atoms. The van der Waals surface area contributed by atoms with Gasteiger partial charge in [0.25, 0.3) is 5.22 Å². The number of carbonyl (C=O) groups excluding carboxylic acids is 2. The van der Waals surface area contributed by atoms with E-state index in [4.69, 9.17) is 18.9 Å². The van der Waals surface area contributed by atoms with Gasteiger partial charge in [-0.1, -0.05) is 122 Å². The SMILES string of the molecule is CNC(=O)CCCCCCC(=O)Nc1ccc(C2OC(c3ccc(CO)cc3)C[C@H](CSc3nc(-c4ccccc4)c(-c4ccccc4)o3)O2)cc1. The number of aliphatic hydroxyl groups excluding tert-OH is 1. The van der Waals surface area contributed by atoms with E-state index >= 15 is 0 Å². The molecular formula is C42H45N3O6S. The minimum atomic E-state index is -0.634. The van der Waals surface area contributed by atoms with E-state index < -0.39 is 6.29 Å². The van der Waals surface area contributed by atoms with Gasteiger partial charge in [-0.15, -0.1) is 0 Å². The van der Waals surface area contributed by atoms with Crippen LogP contribution in [0.1, 0.15) is 74.0 Å². The van der Waals surface area contributed by atoms with Crippen LogP contribution < -0.4 is 10.6 Å². The molecule has 0 bridgehead atoms. The maximum atomic E-state index is 12.6. The highest BCUT2D eigenvalue weighted by molar-refractivity contribution is 7.99. The summed E-state index contributed by atoms with van der Waals surface area (Å²) in [5, 5.41) is 15.8. The molecule has 1 aromatic heterocycles. The zero-order valence-electron chi connectivity index (χ0n) is 29.3. The van der Waals surface area contributed by atoms with Crippen LogP contribution in [0.3, 0.4) is 0 Å². The van der Waals surface area contributed by atoms with Crippen molar-refractivity contribution in [3.8, 4) is 22.6 Å². The number of nitrogens with zero attached hydrogens (tertiary/aromatic N) is 1. The molecule has 2 amide bonds. The van der Waals surface area contributed by atoms with Crippen molar-refractivity contribution in [3.63, 3.8) is 0 Å². The van der Waals surface area contributed by atoms with E-state index in [-0.39, 0.29) is 30.6 Å². The Balaban J connectivity index is 1.12.